The van der Waals surface area contributed by atoms with Crippen LogP contribution in [0.4, 0.5) is 5.69 Å². The molecule has 1 aromatic heterocycles. The van der Waals surface area contributed by atoms with Crippen LogP contribution in [0.25, 0.3) is 0 Å². The topological polar surface area (TPSA) is 54.9 Å². The molecule has 0 saturated carbocycles. The Morgan fingerprint density at radius 2 is 1.81 bits per heavy atom. The van der Waals surface area contributed by atoms with Crippen molar-refractivity contribution in [1.82, 2.24) is 9.97 Å². The van der Waals surface area contributed by atoms with Crippen LogP contribution < -0.4 is 5.32 Å². The molecule has 0 aliphatic rings. The molecular formula is C12H11N3O. The molecule has 1 heterocycles. The van der Waals surface area contributed by atoms with E-state index in [1.165, 1.54) is 6.33 Å². The number of anilines is 1. The van der Waals surface area contributed by atoms with E-state index in [-0.39, 0.29) is 5.91 Å². The fraction of sp³-hybridized carbons (Fsp3) is 0.0833. The molecule has 0 unspecified atom stereocenters. The zero-order chi connectivity index (χ0) is 11.2. The van der Waals surface area contributed by atoms with Gasteiger partial charge in [0.1, 0.15) is 6.33 Å². The molecule has 0 radical (unpaired) electrons. The first-order valence-corrected chi connectivity index (χ1v) is 4.93. The van der Waals surface area contributed by atoms with Crippen LogP contribution in [-0.4, -0.2) is 15.9 Å². The normalized spacial score (nSPS) is 9.75. The molecule has 0 bridgehead atoms. The Kier molecular flexibility index (Phi) is 3.23. The third-order valence-corrected chi connectivity index (χ3v) is 2.05. The minimum atomic E-state index is -0.0685. The maximum atomic E-state index is 11.6. The predicted octanol–water partition coefficient (Wildman–Crippen LogP) is 1.66. The van der Waals surface area contributed by atoms with Crippen LogP contribution >= 0.6 is 0 Å². The molecule has 1 amide bonds. The molecule has 0 spiro atoms. The van der Waals surface area contributed by atoms with Crippen molar-refractivity contribution < 1.29 is 4.79 Å². The first kappa shape index (κ1) is 10.3. The largest absolute Gasteiger partial charge is 0.323 e. The van der Waals surface area contributed by atoms with E-state index < -0.39 is 0 Å². The van der Waals surface area contributed by atoms with Gasteiger partial charge in [-0.05, 0) is 5.56 Å². The molecule has 0 fully saturated rings. The minimum absolute atomic E-state index is 0.0685. The van der Waals surface area contributed by atoms with Crippen molar-refractivity contribution in [2.45, 2.75) is 6.42 Å². The van der Waals surface area contributed by atoms with Crippen molar-refractivity contribution >= 4 is 11.6 Å². The molecular weight excluding hydrogens is 202 g/mol. The van der Waals surface area contributed by atoms with E-state index in [2.05, 4.69) is 15.3 Å². The molecule has 0 atom stereocenters. The third kappa shape index (κ3) is 2.88. The summed E-state index contributed by atoms with van der Waals surface area (Å²) in [5, 5.41) is 2.73. The summed E-state index contributed by atoms with van der Waals surface area (Å²) < 4.78 is 0. The molecule has 0 aliphatic carbocycles. The summed E-state index contributed by atoms with van der Waals surface area (Å²) in [6.45, 7) is 0. The maximum absolute atomic E-state index is 11.6. The van der Waals surface area contributed by atoms with Gasteiger partial charge in [-0.15, -0.1) is 0 Å². The van der Waals surface area contributed by atoms with Crippen molar-refractivity contribution in [3.8, 4) is 0 Å². The second-order valence-corrected chi connectivity index (χ2v) is 3.34. The van der Waals surface area contributed by atoms with E-state index in [9.17, 15) is 4.79 Å². The minimum Gasteiger partial charge on any atom is -0.323 e. The smallest absolute Gasteiger partial charge is 0.228 e. The standard InChI is InChI=1S/C12H11N3O/c16-12(6-10-4-2-1-3-5-10)15-11-7-13-9-14-8-11/h1-5,7-9H,6H2,(H,15,16). The summed E-state index contributed by atoms with van der Waals surface area (Å²) in [7, 11) is 0. The Morgan fingerprint density at radius 1 is 1.12 bits per heavy atom. The van der Waals surface area contributed by atoms with Gasteiger partial charge in [0, 0.05) is 0 Å². The summed E-state index contributed by atoms with van der Waals surface area (Å²) in [5.41, 5.74) is 1.60. The van der Waals surface area contributed by atoms with E-state index in [0.29, 0.717) is 12.1 Å². The Hall–Kier alpha value is -2.23. The monoisotopic (exact) mass is 213 g/mol. The highest BCUT2D eigenvalue weighted by molar-refractivity contribution is 5.91. The van der Waals surface area contributed by atoms with Gasteiger partial charge < -0.3 is 5.32 Å². The van der Waals surface area contributed by atoms with E-state index in [4.69, 9.17) is 0 Å². The molecule has 2 aromatic rings. The molecule has 4 heteroatoms. The maximum Gasteiger partial charge on any atom is 0.228 e. The van der Waals surface area contributed by atoms with Gasteiger partial charge in [0.15, 0.2) is 0 Å². The number of rotatable bonds is 3. The van der Waals surface area contributed by atoms with Gasteiger partial charge in [0.05, 0.1) is 24.5 Å². The second-order valence-electron chi connectivity index (χ2n) is 3.34. The molecule has 1 N–H and O–H groups in total. The number of carbonyl (C=O) groups is 1. The molecule has 16 heavy (non-hydrogen) atoms. The fourth-order valence-electron chi connectivity index (χ4n) is 1.35. The fourth-order valence-corrected chi connectivity index (χ4v) is 1.35. The highest BCUT2D eigenvalue weighted by Gasteiger charge is 2.03. The summed E-state index contributed by atoms with van der Waals surface area (Å²) in [6, 6.07) is 9.58. The summed E-state index contributed by atoms with van der Waals surface area (Å²) >= 11 is 0. The van der Waals surface area contributed by atoms with Gasteiger partial charge in [-0.25, -0.2) is 9.97 Å². The number of benzene rings is 1. The molecule has 2 rings (SSSR count). The molecule has 0 aliphatic heterocycles. The first-order chi connectivity index (χ1) is 7.84. The Morgan fingerprint density at radius 3 is 2.50 bits per heavy atom. The van der Waals surface area contributed by atoms with Crippen LogP contribution in [0.3, 0.4) is 0 Å². The molecule has 4 nitrogen and oxygen atoms in total. The number of amides is 1. The van der Waals surface area contributed by atoms with E-state index in [1.54, 1.807) is 12.4 Å². The third-order valence-electron chi connectivity index (χ3n) is 2.05. The predicted molar refractivity (Wildman–Crippen MR) is 60.8 cm³/mol. The number of nitrogens with zero attached hydrogens (tertiary/aromatic N) is 2. The lowest BCUT2D eigenvalue weighted by molar-refractivity contribution is -0.115. The molecule has 0 saturated heterocycles. The van der Waals surface area contributed by atoms with Crippen molar-refractivity contribution in [3.05, 3.63) is 54.6 Å². The van der Waals surface area contributed by atoms with E-state index in [0.717, 1.165) is 5.56 Å². The van der Waals surface area contributed by atoms with Gasteiger partial charge in [-0.1, -0.05) is 30.3 Å². The number of aromatic nitrogens is 2. The van der Waals surface area contributed by atoms with Crippen LogP contribution in [0.2, 0.25) is 0 Å². The van der Waals surface area contributed by atoms with Crippen LogP contribution in [0.1, 0.15) is 5.56 Å². The van der Waals surface area contributed by atoms with Crippen molar-refractivity contribution in [3.63, 3.8) is 0 Å². The Labute approximate surface area is 93.4 Å². The average Bonchev–Trinajstić information content (AvgIpc) is 2.31. The number of carbonyl (C=O) groups excluding carboxylic acids is 1. The Bertz CT molecular complexity index is 413. The lowest BCUT2D eigenvalue weighted by atomic mass is 10.1. The Balaban J connectivity index is 1.95. The van der Waals surface area contributed by atoms with E-state index >= 15 is 0 Å². The van der Waals surface area contributed by atoms with Gasteiger partial charge in [-0.3, -0.25) is 4.79 Å². The average molecular weight is 213 g/mol. The SMILES string of the molecule is O=C(Cc1ccccc1)Nc1cncnc1. The van der Waals surface area contributed by atoms with E-state index in [1.807, 2.05) is 30.3 Å². The van der Waals surface area contributed by atoms with Gasteiger partial charge >= 0.3 is 0 Å². The summed E-state index contributed by atoms with van der Waals surface area (Å²) in [4.78, 5) is 19.3. The van der Waals surface area contributed by atoms with Crippen LogP contribution in [-0.2, 0) is 11.2 Å². The van der Waals surface area contributed by atoms with Gasteiger partial charge in [0.25, 0.3) is 0 Å². The van der Waals surface area contributed by atoms with Crippen LogP contribution in [0, 0.1) is 0 Å². The number of nitrogens with one attached hydrogen (secondary N) is 1. The quantitative estimate of drug-likeness (QED) is 0.843. The van der Waals surface area contributed by atoms with Crippen LogP contribution in [0.15, 0.2) is 49.1 Å². The number of hydrogen-bond acceptors (Lipinski definition) is 3. The molecule has 1 aromatic carbocycles. The second kappa shape index (κ2) is 5.02. The first-order valence-electron chi connectivity index (χ1n) is 4.93. The summed E-state index contributed by atoms with van der Waals surface area (Å²) in [6.07, 6.45) is 4.91. The highest BCUT2D eigenvalue weighted by Crippen LogP contribution is 2.04. The zero-order valence-corrected chi connectivity index (χ0v) is 8.63. The highest BCUT2D eigenvalue weighted by atomic mass is 16.1. The van der Waals surface area contributed by atoms with Crippen molar-refractivity contribution in [2.24, 2.45) is 0 Å². The van der Waals surface area contributed by atoms with Gasteiger partial charge in [0.2, 0.25) is 5.91 Å². The zero-order valence-electron chi connectivity index (χ0n) is 8.63. The lowest BCUT2D eigenvalue weighted by Crippen LogP contribution is -2.14. The van der Waals surface area contributed by atoms with Crippen molar-refractivity contribution in [1.29, 1.82) is 0 Å². The lowest BCUT2D eigenvalue weighted by Gasteiger charge is -2.03. The van der Waals surface area contributed by atoms with Crippen molar-refractivity contribution in [2.75, 3.05) is 5.32 Å². The summed E-state index contributed by atoms with van der Waals surface area (Å²) in [5.74, 6) is -0.0685. The van der Waals surface area contributed by atoms with Gasteiger partial charge in [-0.2, -0.15) is 0 Å². The van der Waals surface area contributed by atoms with Crippen LogP contribution in [0.5, 0.6) is 0 Å². The molecule has 80 valence electrons. The number of hydrogen-bond donors (Lipinski definition) is 1.